The van der Waals surface area contributed by atoms with Crippen molar-refractivity contribution in [3.63, 3.8) is 0 Å². The van der Waals surface area contributed by atoms with Gasteiger partial charge in [-0.15, -0.1) is 0 Å². The van der Waals surface area contributed by atoms with E-state index in [0.29, 0.717) is 0 Å². The van der Waals surface area contributed by atoms with Crippen molar-refractivity contribution in [2.75, 3.05) is 30.0 Å². The van der Waals surface area contributed by atoms with Crippen molar-refractivity contribution < 1.29 is 8.42 Å². The topological polar surface area (TPSA) is 75.4 Å². The molecule has 1 saturated heterocycles. The number of rotatable bonds is 4. The lowest BCUT2D eigenvalue weighted by Crippen LogP contribution is -2.30. The molecule has 0 atom stereocenters. The van der Waals surface area contributed by atoms with Gasteiger partial charge in [0.15, 0.2) is 0 Å². The largest absolute Gasteiger partial charge is 0.397 e. The Bertz CT molecular complexity index is 537. The lowest BCUT2D eigenvalue weighted by Gasteiger charge is -2.30. The van der Waals surface area contributed by atoms with E-state index in [4.69, 9.17) is 5.73 Å². The summed E-state index contributed by atoms with van der Waals surface area (Å²) in [6.45, 7) is 2.37. The van der Waals surface area contributed by atoms with Gasteiger partial charge in [0, 0.05) is 19.6 Å². The molecule has 19 heavy (non-hydrogen) atoms. The highest BCUT2D eigenvalue weighted by Gasteiger charge is 2.13. The minimum Gasteiger partial charge on any atom is -0.397 e. The van der Waals surface area contributed by atoms with Gasteiger partial charge in [0.25, 0.3) is 0 Å². The third-order valence-corrected chi connectivity index (χ3v) is 4.00. The number of sulfonamides is 1. The predicted molar refractivity (Wildman–Crippen MR) is 78.6 cm³/mol. The maximum Gasteiger partial charge on any atom is 0.209 e. The molecule has 6 heteroatoms. The normalized spacial score (nSPS) is 16.6. The van der Waals surface area contributed by atoms with E-state index in [0.717, 1.165) is 36.3 Å². The van der Waals surface area contributed by atoms with Gasteiger partial charge in [0.1, 0.15) is 0 Å². The summed E-state index contributed by atoms with van der Waals surface area (Å²) < 4.78 is 24.6. The second kappa shape index (κ2) is 5.79. The monoisotopic (exact) mass is 283 g/mol. The maximum absolute atomic E-state index is 11.1. The summed E-state index contributed by atoms with van der Waals surface area (Å²) in [5, 5.41) is 0. The zero-order valence-electron chi connectivity index (χ0n) is 11.2. The van der Waals surface area contributed by atoms with E-state index in [9.17, 15) is 8.42 Å². The van der Waals surface area contributed by atoms with Gasteiger partial charge >= 0.3 is 0 Å². The Kier molecular flexibility index (Phi) is 4.31. The van der Waals surface area contributed by atoms with Crippen LogP contribution in [0.3, 0.4) is 0 Å². The minimum absolute atomic E-state index is 0.281. The first kappa shape index (κ1) is 14.1. The molecule has 0 saturated carbocycles. The molecule has 1 heterocycles. The van der Waals surface area contributed by atoms with E-state index in [-0.39, 0.29) is 6.54 Å². The van der Waals surface area contributed by atoms with Crippen LogP contribution in [0.4, 0.5) is 11.4 Å². The average Bonchev–Trinajstić information content (AvgIpc) is 2.37. The van der Waals surface area contributed by atoms with Crippen LogP contribution < -0.4 is 15.4 Å². The molecular formula is C13H21N3O2S. The lowest BCUT2D eigenvalue weighted by atomic mass is 10.1. The first-order valence-electron chi connectivity index (χ1n) is 6.54. The number of benzene rings is 1. The fourth-order valence-corrected chi connectivity index (χ4v) is 2.78. The molecule has 0 bridgehead atoms. The van der Waals surface area contributed by atoms with Crippen LogP contribution in [0.1, 0.15) is 24.8 Å². The molecule has 1 aliphatic rings. The Balaban J connectivity index is 2.08. The summed E-state index contributed by atoms with van der Waals surface area (Å²) in [4.78, 5) is 2.30. The van der Waals surface area contributed by atoms with Crippen molar-refractivity contribution in [3.8, 4) is 0 Å². The van der Waals surface area contributed by atoms with E-state index < -0.39 is 10.0 Å². The smallest absolute Gasteiger partial charge is 0.209 e. The van der Waals surface area contributed by atoms with Gasteiger partial charge in [-0.25, -0.2) is 13.1 Å². The molecule has 2 rings (SSSR count). The summed E-state index contributed by atoms with van der Waals surface area (Å²) in [7, 11) is -3.17. The highest BCUT2D eigenvalue weighted by molar-refractivity contribution is 7.88. The van der Waals surface area contributed by atoms with Crippen molar-refractivity contribution in [2.45, 2.75) is 25.8 Å². The van der Waals surface area contributed by atoms with Gasteiger partial charge in [-0.2, -0.15) is 0 Å². The second-order valence-electron chi connectivity index (χ2n) is 5.03. The molecule has 1 fully saturated rings. The Labute approximate surface area is 114 Å². The minimum atomic E-state index is -3.17. The van der Waals surface area contributed by atoms with E-state index in [1.165, 1.54) is 19.3 Å². The van der Waals surface area contributed by atoms with Crippen LogP contribution in [-0.4, -0.2) is 27.8 Å². The van der Waals surface area contributed by atoms with Gasteiger partial charge in [0.05, 0.1) is 17.6 Å². The summed E-state index contributed by atoms with van der Waals surface area (Å²) >= 11 is 0. The van der Waals surface area contributed by atoms with Crippen molar-refractivity contribution in [1.82, 2.24) is 4.72 Å². The summed E-state index contributed by atoms with van der Waals surface area (Å²) in [6, 6.07) is 5.76. The number of nitrogen functional groups attached to an aromatic ring is 1. The number of nitrogens with two attached hydrogens (primary N) is 1. The van der Waals surface area contributed by atoms with Gasteiger partial charge in [-0.05, 0) is 37.0 Å². The van der Waals surface area contributed by atoms with Crippen LogP contribution in [-0.2, 0) is 16.6 Å². The molecule has 0 radical (unpaired) electrons. The molecule has 1 aliphatic heterocycles. The van der Waals surface area contributed by atoms with Crippen LogP contribution in [0.5, 0.6) is 0 Å². The van der Waals surface area contributed by atoms with Crippen LogP contribution in [0.2, 0.25) is 0 Å². The van der Waals surface area contributed by atoms with Crippen molar-refractivity contribution in [2.24, 2.45) is 0 Å². The number of hydrogen-bond acceptors (Lipinski definition) is 4. The van der Waals surface area contributed by atoms with E-state index in [1.807, 2.05) is 18.2 Å². The first-order valence-corrected chi connectivity index (χ1v) is 8.43. The fourth-order valence-electron chi connectivity index (χ4n) is 2.35. The molecule has 0 unspecified atom stereocenters. The first-order chi connectivity index (χ1) is 8.96. The number of hydrogen-bond donors (Lipinski definition) is 2. The van der Waals surface area contributed by atoms with Crippen molar-refractivity contribution in [3.05, 3.63) is 23.8 Å². The Morgan fingerprint density at radius 3 is 2.53 bits per heavy atom. The number of anilines is 2. The van der Waals surface area contributed by atoms with E-state index >= 15 is 0 Å². The van der Waals surface area contributed by atoms with Crippen molar-refractivity contribution >= 4 is 21.4 Å². The van der Waals surface area contributed by atoms with E-state index in [2.05, 4.69) is 9.62 Å². The lowest BCUT2D eigenvalue weighted by molar-refractivity contribution is 0.578. The molecule has 1 aromatic carbocycles. The number of piperidine rings is 1. The highest BCUT2D eigenvalue weighted by Crippen LogP contribution is 2.27. The number of nitrogens with one attached hydrogen (secondary N) is 1. The molecule has 0 aliphatic carbocycles. The second-order valence-corrected chi connectivity index (χ2v) is 6.87. The third kappa shape index (κ3) is 4.11. The molecule has 0 amide bonds. The van der Waals surface area contributed by atoms with Crippen LogP contribution in [0.15, 0.2) is 18.2 Å². The Morgan fingerprint density at radius 1 is 1.26 bits per heavy atom. The molecule has 1 aromatic rings. The van der Waals surface area contributed by atoms with E-state index in [1.54, 1.807) is 0 Å². The number of nitrogens with zero attached hydrogens (tertiary/aromatic N) is 1. The van der Waals surface area contributed by atoms with Crippen LogP contribution >= 0.6 is 0 Å². The Morgan fingerprint density at radius 2 is 1.95 bits per heavy atom. The third-order valence-electron chi connectivity index (χ3n) is 3.33. The summed E-state index contributed by atoms with van der Waals surface area (Å²) in [5.74, 6) is 0. The zero-order valence-corrected chi connectivity index (χ0v) is 12.0. The summed E-state index contributed by atoms with van der Waals surface area (Å²) in [5.41, 5.74) is 8.73. The van der Waals surface area contributed by atoms with Crippen LogP contribution in [0.25, 0.3) is 0 Å². The molecule has 0 spiro atoms. The standard InChI is InChI=1S/C13H21N3O2S/c1-19(17,18)15-10-11-5-6-13(12(14)9-11)16-7-3-2-4-8-16/h5-6,9,15H,2-4,7-8,10,14H2,1H3. The molecular weight excluding hydrogens is 262 g/mol. The highest BCUT2D eigenvalue weighted by atomic mass is 32.2. The SMILES string of the molecule is CS(=O)(=O)NCc1ccc(N2CCCCC2)c(N)c1. The molecule has 3 N–H and O–H groups in total. The predicted octanol–water partition coefficient (Wildman–Crippen LogP) is 1.31. The Hall–Kier alpha value is -1.27. The van der Waals surface area contributed by atoms with Gasteiger partial charge in [-0.3, -0.25) is 0 Å². The van der Waals surface area contributed by atoms with Crippen molar-refractivity contribution in [1.29, 1.82) is 0 Å². The maximum atomic E-state index is 11.1. The average molecular weight is 283 g/mol. The van der Waals surface area contributed by atoms with Gasteiger partial charge in [-0.1, -0.05) is 6.07 Å². The summed E-state index contributed by atoms with van der Waals surface area (Å²) in [6.07, 6.45) is 4.85. The van der Waals surface area contributed by atoms with Gasteiger partial charge in [0.2, 0.25) is 10.0 Å². The molecule has 0 aromatic heterocycles. The fraction of sp³-hybridized carbons (Fsp3) is 0.538. The van der Waals surface area contributed by atoms with Gasteiger partial charge < -0.3 is 10.6 Å². The quantitative estimate of drug-likeness (QED) is 0.817. The molecule has 106 valence electrons. The zero-order chi connectivity index (χ0) is 13.9. The van der Waals surface area contributed by atoms with Crippen LogP contribution in [0, 0.1) is 0 Å². The molecule has 5 nitrogen and oxygen atoms in total.